The average molecular weight is 373 g/mol. The van der Waals surface area contributed by atoms with E-state index in [0.29, 0.717) is 11.6 Å². The summed E-state index contributed by atoms with van der Waals surface area (Å²) in [6.45, 7) is 3.81. The molecule has 9 heteroatoms. The van der Waals surface area contributed by atoms with Gasteiger partial charge < -0.3 is 20.8 Å². The monoisotopic (exact) mass is 372 g/mol. The van der Waals surface area contributed by atoms with E-state index in [-0.39, 0.29) is 43.2 Å². The molecule has 2 aromatic heterocycles. The molecule has 0 aliphatic rings. The molecular weight excluding hydrogens is 352 g/mol. The van der Waals surface area contributed by atoms with Gasteiger partial charge in [-0.3, -0.25) is 9.59 Å². The Labute approximate surface area is 150 Å². The number of aromatic nitrogens is 1. The molecule has 132 valence electrons. The number of nitrogens with two attached hydrogens (primary N) is 1. The number of nitrogens with one attached hydrogen (secondary N) is 2. The van der Waals surface area contributed by atoms with Gasteiger partial charge in [0.05, 0.1) is 29.7 Å². The van der Waals surface area contributed by atoms with Crippen LogP contribution in [-0.4, -0.2) is 29.4 Å². The van der Waals surface area contributed by atoms with Crippen molar-refractivity contribution in [2.45, 2.75) is 26.4 Å². The van der Waals surface area contributed by atoms with E-state index in [2.05, 4.69) is 15.6 Å². The highest BCUT2D eigenvalue weighted by Gasteiger charge is 2.17. The Bertz CT molecular complexity index is 657. The lowest BCUT2D eigenvalue weighted by molar-refractivity contribution is -0.127. The highest BCUT2D eigenvalue weighted by atomic mass is 35.5. The van der Waals surface area contributed by atoms with Crippen LogP contribution < -0.4 is 16.4 Å². The highest BCUT2D eigenvalue weighted by molar-refractivity contribution is 7.13. The molecule has 4 N–H and O–H groups in total. The number of carbonyl (C=O) groups excluding carboxylic acids is 2. The molecular formula is C15H21ClN4O3S. The fraction of sp³-hybridized carbons (Fsp3) is 0.400. The molecule has 0 unspecified atom stereocenters. The molecule has 2 amide bonds. The second-order valence-electron chi connectivity index (χ2n) is 5.39. The minimum atomic E-state index is -0.619. The van der Waals surface area contributed by atoms with Crippen LogP contribution in [0.15, 0.2) is 28.2 Å². The molecule has 2 rings (SSSR count). The number of hydrogen-bond acceptors (Lipinski definition) is 6. The summed E-state index contributed by atoms with van der Waals surface area (Å²) in [5.41, 5.74) is 6.31. The summed E-state index contributed by atoms with van der Waals surface area (Å²) in [7, 11) is 0. The molecule has 0 spiro atoms. The van der Waals surface area contributed by atoms with Gasteiger partial charge in [-0.1, -0.05) is 19.9 Å². The molecule has 1 atom stereocenters. The van der Waals surface area contributed by atoms with E-state index in [9.17, 15) is 9.59 Å². The van der Waals surface area contributed by atoms with Crippen molar-refractivity contribution in [3.63, 3.8) is 0 Å². The van der Waals surface area contributed by atoms with Crippen LogP contribution in [0.1, 0.15) is 19.5 Å². The van der Waals surface area contributed by atoms with E-state index in [4.69, 9.17) is 10.2 Å². The first-order chi connectivity index (χ1) is 11.0. The molecule has 0 bridgehead atoms. The molecule has 0 saturated carbocycles. The molecule has 2 aromatic rings. The molecule has 7 nitrogen and oxygen atoms in total. The first-order valence-electron chi connectivity index (χ1n) is 7.25. The average Bonchev–Trinajstić information content (AvgIpc) is 3.20. The summed E-state index contributed by atoms with van der Waals surface area (Å²) in [6.07, 6.45) is 1.50. The normalized spacial score (nSPS) is 11.7. The van der Waals surface area contributed by atoms with Crippen molar-refractivity contribution >= 4 is 35.6 Å². The summed E-state index contributed by atoms with van der Waals surface area (Å²) in [4.78, 5) is 28.6. The van der Waals surface area contributed by atoms with Crippen LogP contribution in [0.3, 0.4) is 0 Å². The van der Waals surface area contributed by atoms with E-state index in [1.165, 1.54) is 17.6 Å². The summed E-state index contributed by atoms with van der Waals surface area (Å²) in [5.74, 6) is -0.101. The predicted molar refractivity (Wildman–Crippen MR) is 94.7 cm³/mol. The van der Waals surface area contributed by atoms with Crippen LogP contribution in [0, 0.1) is 5.92 Å². The lowest BCUT2D eigenvalue weighted by Crippen LogP contribution is -2.47. The molecule has 2 heterocycles. The van der Waals surface area contributed by atoms with Crippen molar-refractivity contribution in [1.29, 1.82) is 0 Å². The number of halogens is 1. The van der Waals surface area contributed by atoms with Gasteiger partial charge in [-0.15, -0.1) is 23.7 Å². The molecule has 24 heavy (non-hydrogen) atoms. The third-order valence-corrected chi connectivity index (χ3v) is 4.05. The zero-order valence-electron chi connectivity index (χ0n) is 13.4. The maximum atomic E-state index is 11.7. The van der Waals surface area contributed by atoms with Crippen LogP contribution in [0.4, 0.5) is 0 Å². The quantitative estimate of drug-likeness (QED) is 0.682. The summed E-state index contributed by atoms with van der Waals surface area (Å²) in [5, 5.41) is 7.11. The summed E-state index contributed by atoms with van der Waals surface area (Å²) in [6, 6.07) is 3.20. The number of rotatable bonds is 7. The maximum Gasteiger partial charge on any atom is 0.239 e. The van der Waals surface area contributed by atoms with Crippen LogP contribution in [-0.2, 0) is 16.1 Å². The predicted octanol–water partition coefficient (Wildman–Crippen LogP) is 1.54. The van der Waals surface area contributed by atoms with Gasteiger partial charge in [0.2, 0.25) is 17.7 Å². The van der Waals surface area contributed by atoms with Gasteiger partial charge in [0.25, 0.3) is 0 Å². The van der Waals surface area contributed by atoms with Crippen molar-refractivity contribution in [2.24, 2.45) is 11.7 Å². The number of thiophene rings is 1. The Morgan fingerprint density at radius 3 is 2.75 bits per heavy atom. The number of carbonyl (C=O) groups is 2. The summed E-state index contributed by atoms with van der Waals surface area (Å²) >= 11 is 1.53. The topological polar surface area (TPSA) is 110 Å². The van der Waals surface area contributed by atoms with E-state index in [1.54, 1.807) is 0 Å². The van der Waals surface area contributed by atoms with Crippen molar-refractivity contribution in [3.05, 3.63) is 29.5 Å². The van der Waals surface area contributed by atoms with Gasteiger partial charge in [0.1, 0.15) is 6.26 Å². The van der Waals surface area contributed by atoms with Crippen LogP contribution in [0.5, 0.6) is 0 Å². The zero-order chi connectivity index (χ0) is 16.8. The molecule has 0 aliphatic carbocycles. The van der Waals surface area contributed by atoms with Crippen LogP contribution in [0.25, 0.3) is 10.8 Å². The van der Waals surface area contributed by atoms with E-state index in [1.807, 2.05) is 31.4 Å². The highest BCUT2D eigenvalue weighted by Crippen LogP contribution is 2.23. The van der Waals surface area contributed by atoms with Gasteiger partial charge >= 0.3 is 0 Å². The molecule has 0 aromatic carbocycles. The van der Waals surface area contributed by atoms with E-state index >= 15 is 0 Å². The van der Waals surface area contributed by atoms with Crippen LogP contribution in [0.2, 0.25) is 0 Å². The minimum Gasteiger partial charge on any atom is -0.443 e. The number of oxazole rings is 1. The lowest BCUT2D eigenvalue weighted by atomic mass is 10.1. The fourth-order valence-corrected chi connectivity index (χ4v) is 2.40. The summed E-state index contributed by atoms with van der Waals surface area (Å²) < 4.78 is 5.36. The SMILES string of the molecule is CC(C)[C@H](N)C(=O)NCC(=O)NCc1coc(-c2cccs2)n1.Cl. The van der Waals surface area contributed by atoms with Crippen LogP contribution >= 0.6 is 23.7 Å². The largest absolute Gasteiger partial charge is 0.443 e. The van der Waals surface area contributed by atoms with Crippen molar-refractivity contribution in [3.8, 4) is 10.8 Å². The smallest absolute Gasteiger partial charge is 0.239 e. The Morgan fingerprint density at radius 1 is 1.38 bits per heavy atom. The van der Waals surface area contributed by atoms with Crippen molar-refractivity contribution < 1.29 is 14.0 Å². The van der Waals surface area contributed by atoms with Gasteiger partial charge in [0.15, 0.2) is 0 Å². The first kappa shape index (κ1) is 20.1. The lowest BCUT2D eigenvalue weighted by Gasteiger charge is -2.14. The standard InChI is InChI=1S/C15H20N4O3S.ClH/c1-9(2)13(16)14(21)18-7-12(20)17-6-10-8-22-15(19-10)11-4-3-5-23-11;/h3-5,8-9,13H,6-7,16H2,1-2H3,(H,17,20)(H,18,21);1H/t13-;/m0./s1. The van der Waals surface area contributed by atoms with Gasteiger partial charge in [0, 0.05) is 0 Å². The first-order valence-corrected chi connectivity index (χ1v) is 8.13. The third kappa shape index (κ3) is 5.63. The molecule has 0 fully saturated rings. The maximum absolute atomic E-state index is 11.7. The van der Waals surface area contributed by atoms with Gasteiger partial charge in [-0.05, 0) is 17.4 Å². The third-order valence-electron chi connectivity index (χ3n) is 3.19. The van der Waals surface area contributed by atoms with Gasteiger partial charge in [-0.25, -0.2) is 4.98 Å². The molecule has 0 saturated heterocycles. The second-order valence-corrected chi connectivity index (χ2v) is 6.33. The number of hydrogen-bond donors (Lipinski definition) is 3. The van der Waals surface area contributed by atoms with Crippen molar-refractivity contribution in [2.75, 3.05) is 6.54 Å². The Hall–Kier alpha value is -1.90. The zero-order valence-corrected chi connectivity index (χ0v) is 15.1. The van der Waals surface area contributed by atoms with Crippen molar-refractivity contribution in [1.82, 2.24) is 15.6 Å². The molecule has 0 radical (unpaired) electrons. The van der Waals surface area contributed by atoms with E-state index < -0.39 is 6.04 Å². The second kappa shape index (κ2) is 9.41. The number of amides is 2. The van der Waals surface area contributed by atoms with E-state index in [0.717, 1.165) is 4.88 Å². The molecule has 0 aliphatic heterocycles. The van der Waals surface area contributed by atoms with Gasteiger partial charge in [-0.2, -0.15) is 0 Å². The Balaban J connectivity index is 0.00000288. The minimum absolute atomic E-state index is 0. The number of nitrogens with zero attached hydrogens (tertiary/aromatic N) is 1. The Morgan fingerprint density at radius 2 is 2.12 bits per heavy atom. The Kier molecular flexibility index (Phi) is 7.90. The fourth-order valence-electron chi connectivity index (χ4n) is 1.74.